The van der Waals surface area contributed by atoms with Crippen LogP contribution in [0, 0.1) is 5.92 Å². The maximum atomic E-state index is 12.1. The zero-order valence-electron chi connectivity index (χ0n) is 12.1. The number of piperidine rings is 1. The van der Waals surface area contributed by atoms with Crippen molar-refractivity contribution in [1.29, 1.82) is 0 Å². The van der Waals surface area contributed by atoms with Crippen molar-refractivity contribution in [2.45, 2.75) is 45.2 Å². The van der Waals surface area contributed by atoms with Crippen LogP contribution in [0.4, 0.5) is 0 Å². The summed E-state index contributed by atoms with van der Waals surface area (Å²) in [5, 5.41) is 6.12. The van der Waals surface area contributed by atoms with Crippen LogP contribution in [0.3, 0.4) is 0 Å². The molecule has 0 saturated carbocycles. The fraction of sp³-hybridized carbons (Fsp3) is 0.917. The van der Waals surface area contributed by atoms with Gasteiger partial charge in [0.05, 0.1) is 12.2 Å². The third-order valence-corrected chi connectivity index (χ3v) is 4.19. The fourth-order valence-electron chi connectivity index (χ4n) is 2.38. The second kappa shape index (κ2) is 6.19. The van der Waals surface area contributed by atoms with Gasteiger partial charge in [-0.15, -0.1) is 0 Å². The molecule has 7 heteroatoms. The highest BCUT2D eigenvalue weighted by molar-refractivity contribution is 7.88. The summed E-state index contributed by atoms with van der Waals surface area (Å²) in [6, 6.07) is 0.166. The molecule has 2 unspecified atom stereocenters. The first-order chi connectivity index (χ1) is 8.61. The standard InChI is InChI=1S/C12H25N3O3S/c1-9-10(6-5-7-13-9)11(16)14-8-12(2,3)15-19(4,17)18/h9-10,13,15H,5-8H2,1-4H3,(H,14,16). The predicted octanol–water partition coefficient (Wildman–Crippen LogP) is -0.181. The number of carbonyl (C=O) groups is 1. The lowest BCUT2D eigenvalue weighted by molar-refractivity contribution is -0.126. The summed E-state index contributed by atoms with van der Waals surface area (Å²) in [6.07, 6.45) is 2.98. The van der Waals surface area contributed by atoms with Crippen LogP contribution in [-0.2, 0) is 14.8 Å². The first kappa shape index (κ1) is 16.4. The molecular weight excluding hydrogens is 266 g/mol. The Kier molecular flexibility index (Phi) is 5.34. The average Bonchev–Trinajstić information content (AvgIpc) is 2.23. The van der Waals surface area contributed by atoms with Crippen molar-refractivity contribution < 1.29 is 13.2 Å². The Labute approximate surface area is 115 Å². The van der Waals surface area contributed by atoms with Gasteiger partial charge in [0.25, 0.3) is 0 Å². The molecule has 0 aliphatic carbocycles. The third kappa shape index (κ3) is 5.88. The van der Waals surface area contributed by atoms with Gasteiger partial charge < -0.3 is 10.6 Å². The lowest BCUT2D eigenvalue weighted by Crippen LogP contribution is -2.54. The van der Waals surface area contributed by atoms with Gasteiger partial charge in [-0.05, 0) is 40.2 Å². The minimum atomic E-state index is -3.28. The quantitative estimate of drug-likeness (QED) is 0.656. The lowest BCUT2D eigenvalue weighted by atomic mass is 9.91. The second-order valence-electron chi connectivity index (χ2n) is 5.97. The molecule has 1 rings (SSSR count). The number of hydrogen-bond acceptors (Lipinski definition) is 4. The molecule has 1 amide bonds. The fourth-order valence-corrected chi connectivity index (χ4v) is 3.46. The molecule has 112 valence electrons. The monoisotopic (exact) mass is 291 g/mol. The zero-order chi connectivity index (χ0) is 14.7. The van der Waals surface area contributed by atoms with Crippen LogP contribution in [0.1, 0.15) is 33.6 Å². The number of rotatable bonds is 5. The Balaban J connectivity index is 2.49. The maximum Gasteiger partial charge on any atom is 0.224 e. The Hall–Kier alpha value is -0.660. The molecule has 1 saturated heterocycles. The Morgan fingerprint density at radius 3 is 2.58 bits per heavy atom. The van der Waals surface area contributed by atoms with E-state index < -0.39 is 15.6 Å². The summed E-state index contributed by atoms with van der Waals surface area (Å²) >= 11 is 0. The topological polar surface area (TPSA) is 87.3 Å². The third-order valence-electron chi connectivity index (χ3n) is 3.26. The highest BCUT2D eigenvalue weighted by Gasteiger charge is 2.29. The second-order valence-corrected chi connectivity index (χ2v) is 7.72. The van der Waals surface area contributed by atoms with Crippen LogP contribution in [0.5, 0.6) is 0 Å². The van der Waals surface area contributed by atoms with E-state index in [0.29, 0.717) is 0 Å². The Morgan fingerprint density at radius 2 is 2.05 bits per heavy atom. The van der Waals surface area contributed by atoms with Gasteiger partial charge in [-0.2, -0.15) is 0 Å². The molecule has 0 aromatic rings. The maximum absolute atomic E-state index is 12.1. The summed E-state index contributed by atoms with van der Waals surface area (Å²) in [5.41, 5.74) is -0.686. The molecule has 2 atom stereocenters. The van der Waals surface area contributed by atoms with E-state index in [9.17, 15) is 13.2 Å². The lowest BCUT2D eigenvalue weighted by Gasteiger charge is -2.31. The molecule has 3 N–H and O–H groups in total. The van der Waals surface area contributed by atoms with Crippen molar-refractivity contribution in [1.82, 2.24) is 15.4 Å². The summed E-state index contributed by atoms with van der Waals surface area (Å²) in [5.74, 6) is -0.0501. The van der Waals surface area contributed by atoms with Gasteiger partial charge >= 0.3 is 0 Å². The molecule has 0 aromatic carbocycles. The minimum absolute atomic E-state index is 0.0110. The first-order valence-electron chi connectivity index (χ1n) is 6.61. The summed E-state index contributed by atoms with van der Waals surface area (Å²) < 4.78 is 24.9. The number of nitrogens with one attached hydrogen (secondary N) is 3. The van der Waals surface area contributed by atoms with Gasteiger partial charge in [0.15, 0.2) is 0 Å². The smallest absolute Gasteiger partial charge is 0.224 e. The summed E-state index contributed by atoms with van der Waals surface area (Å²) in [6.45, 7) is 6.73. The van der Waals surface area contributed by atoms with Crippen LogP contribution >= 0.6 is 0 Å². The van der Waals surface area contributed by atoms with E-state index in [0.717, 1.165) is 25.6 Å². The largest absolute Gasteiger partial charge is 0.354 e. The van der Waals surface area contributed by atoms with Gasteiger partial charge in [0, 0.05) is 18.1 Å². The van der Waals surface area contributed by atoms with E-state index in [1.165, 1.54) is 0 Å². The van der Waals surface area contributed by atoms with E-state index in [2.05, 4.69) is 15.4 Å². The molecule has 0 spiro atoms. The molecule has 1 aliphatic rings. The van der Waals surface area contributed by atoms with Crippen molar-refractivity contribution in [2.24, 2.45) is 5.92 Å². The predicted molar refractivity (Wildman–Crippen MR) is 75.3 cm³/mol. The highest BCUT2D eigenvalue weighted by atomic mass is 32.2. The number of amides is 1. The van der Waals surface area contributed by atoms with E-state index in [4.69, 9.17) is 0 Å². The van der Waals surface area contributed by atoms with Crippen molar-refractivity contribution >= 4 is 15.9 Å². The van der Waals surface area contributed by atoms with E-state index in [-0.39, 0.29) is 24.4 Å². The van der Waals surface area contributed by atoms with Gasteiger partial charge in [-0.3, -0.25) is 4.79 Å². The van der Waals surface area contributed by atoms with Gasteiger partial charge in [0.1, 0.15) is 0 Å². The average molecular weight is 291 g/mol. The van der Waals surface area contributed by atoms with Crippen molar-refractivity contribution in [2.75, 3.05) is 19.3 Å². The molecule has 0 aromatic heterocycles. The molecule has 1 fully saturated rings. The molecular formula is C12H25N3O3S. The molecule has 0 bridgehead atoms. The summed E-state index contributed by atoms with van der Waals surface area (Å²) in [4.78, 5) is 12.1. The van der Waals surface area contributed by atoms with Gasteiger partial charge in [-0.1, -0.05) is 0 Å². The molecule has 6 nitrogen and oxygen atoms in total. The number of sulfonamides is 1. The number of hydrogen-bond donors (Lipinski definition) is 3. The van der Waals surface area contributed by atoms with Crippen LogP contribution < -0.4 is 15.4 Å². The van der Waals surface area contributed by atoms with E-state index in [1.54, 1.807) is 13.8 Å². The van der Waals surface area contributed by atoms with Crippen molar-refractivity contribution in [3.05, 3.63) is 0 Å². The van der Waals surface area contributed by atoms with Gasteiger partial charge in [-0.25, -0.2) is 13.1 Å². The van der Waals surface area contributed by atoms with Crippen LogP contribution in [0.15, 0.2) is 0 Å². The zero-order valence-corrected chi connectivity index (χ0v) is 12.9. The Morgan fingerprint density at radius 1 is 1.42 bits per heavy atom. The summed E-state index contributed by atoms with van der Waals surface area (Å²) in [7, 11) is -3.28. The highest BCUT2D eigenvalue weighted by Crippen LogP contribution is 2.16. The van der Waals surface area contributed by atoms with E-state index in [1.807, 2.05) is 6.92 Å². The van der Waals surface area contributed by atoms with Crippen molar-refractivity contribution in [3.8, 4) is 0 Å². The minimum Gasteiger partial charge on any atom is -0.354 e. The molecule has 19 heavy (non-hydrogen) atoms. The van der Waals surface area contributed by atoms with Gasteiger partial charge in [0.2, 0.25) is 15.9 Å². The number of carbonyl (C=O) groups excluding carboxylic acids is 1. The van der Waals surface area contributed by atoms with Crippen molar-refractivity contribution in [3.63, 3.8) is 0 Å². The normalized spacial score (nSPS) is 25.1. The molecule has 1 heterocycles. The SMILES string of the molecule is CC1NCCCC1C(=O)NCC(C)(C)NS(C)(=O)=O. The van der Waals surface area contributed by atoms with Crippen LogP contribution in [-0.4, -0.2) is 45.3 Å². The van der Waals surface area contributed by atoms with E-state index >= 15 is 0 Å². The molecule has 0 radical (unpaired) electrons. The van der Waals surface area contributed by atoms with Crippen LogP contribution in [0.2, 0.25) is 0 Å². The first-order valence-corrected chi connectivity index (χ1v) is 8.50. The Bertz CT molecular complexity index is 420. The van der Waals surface area contributed by atoms with Crippen LogP contribution in [0.25, 0.3) is 0 Å². The molecule has 1 aliphatic heterocycles.